The number of hydrogen-bond donors (Lipinski definition) is 2. The largest absolute Gasteiger partial charge is 0.378 e. The predicted molar refractivity (Wildman–Crippen MR) is 146 cm³/mol. The van der Waals surface area contributed by atoms with Crippen molar-refractivity contribution in [2.45, 2.75) is 69.5 Å². The molecule has 2 saturated carbocycles. The number of nitrogens with one attached hydrogen (secondary N) is 2. The molecule has 3 fully saturated rings. The van der Waals surface area contributed by atoms with E-state index in [2.05, 4.69) is 44.7 Å². The molecule has 2 aliphatic carbocycles. The summed E-state index contributed by atoms with van der Waals surface area (Å²) in [4.78, 5) is 15.6. The Morgan fingerprint density at radius 1 is 1.03 bits per heavy atom. The zero-order valence-electron chi connectivity index (χ0n) is 21.6. The van der Waals surface area contributed by atoms with Crippen molar-refractivity contribution in [1.29, 1.82) is 0 Å². The third-order valence-corrected chi connectivity index (χ3v) is 8.40. The lowest BCUT2D eigenvalue weighted by atomic mass is 9.84. The standard InChI is InChI=1S/C30H38N4O3/c35-29(31-21-30(14-4-1-5-15-30)37-25-6-2-3-7-25)23-10-13-27-26(20-23)28(33-32-27)22-8-11-24(12-9-22)34-16-18-36-19-17-34/h8-13,20,25H,1-7,14-19,21H2,(H,31,35)(H,32,33). The number of aromatic nitrogens is 2. The number of carbonyl (C=O) groups excluding carboxylic acids is 1. The number of H-pyrrole nitrogens is 1. The van der Waals surface area contributed by atoms with E-state index in [1.54, 1.807) is 0 Å². The number of amides is 1. The normalized spacial score (nSPS) is 20.4. The Bertz CT molecular complexity index is 1200. The van der Waals surface area contributed by atoms with Crippen LogP contribution >= 0.6 is 0 Å². The summed E-state index contributed by atoms with van der Waals surface area (Å²) in [5.74, 6) is -0.0447. The minimum absolute atomic E-state index is 0.0447. The minimum Gasteiger partial charge on any atom is -0.378 e. The third-order valence-electron chi connectivity index (χ3n) is 8.40. The first-order chi connectivity index (χ1) is 18.2. The average Bonchev–Trinajstić information content (AvgIpc) is 3.62. The molecule has 0 radical (unpaired) electrons. The lowest BCUT2D eigenvalue weighted by Crippen LogP contribution is -2.48. The maximum atomic E-state index is 13.3. The first kappa shape index (κ1) is 24.4. The van der Waals surface area contributed by atoms with Crippen LogP contribution < -0.4 is 10.2 Å². The summed E-state index contributed by atoms with van der Waals surface area (Å²) in [6.07, 6.45) is 10.9. The number of nitrogens with zero attached hydrogens (tertiary/aromatic N) is 2. The van der Waals surface area contributed by atoms with E-state index in [0.29, 0.717) is 18.2 Å². The topological polar surface area (TPSA) is 79.5 Å². The Kier molecular flexibility index (Phi) is 7.16. The highest BCUT2D eigenvalue weighted by atomic mass is 16.5. The molecule has 7 heteroatoms. The molecule has 3 aliphatic rings. The van der Waals surface area contributed by atoms with Gasteiger partial charge in [-0.1, -0.05) is 44.2 Å². The van der Waals surface area contributed by atoms with Gasteiger partial charge in [0, 0.05) is 41.8 Å². The summed E-state index contributed by atoms with van der Waals surface area (Å²) >= 11 is 0. The van der Waals surface area contributed by atoms with Crippen molar-refractivity contribution >= 4 is 22.5 Å². The second-order valence-electron chi connectivity index (χ2n) is 10.9. The molecule has 0 spiro atoms. The van der Waals surface area contributed by atoms with Crippen LogP contribution in [-0.2, 0) is 9.47 Å². The van der Waals surface area contributed by atoms with Gasteiger partial charge in [-0.3, -0.25) is 9.89 Å². The minimum atomic E-state index is -0.212. The van der Waals surface area contributed by atoms with Gasteiger partial charge in [0.2, 0.25) is 0 Å². The summed E-state index contributed by atoms with van der Waals surface area (Å²) in [5.41, 5.74) is 4.47. The van der Waals surface area contributed by atoms with Gasteiger partial charge in [0.1, 0.15) is 0 Å². The SMILES string of the molecule is O=C(NCC1(OC2CCCC2)CCCCC1)c1ccc2[nH]nc(-c3ccc(N4CCOCC4)cc3)c2c1. The molecule has 0 atom stereocenters. The molecule has 3 aromatic rings. The van der Waals surface area contributed by atoms with Crippen LogP contribution in [-0.4, -0.2) is 60.7 Å². The molecule has 2 heterocycles. The second-order valence-corrected chi connectivity index (χ2v) is 10.9. The van der Waals surface area contributed by atoms with Crippen LogP contribution in [0.4, 0.5) is 5.69 Å². The first-order valence-corrected chi connectivity index (χ1v) is 14.1. The molecule has 2 N–H and O–H groups in total. The Morgan fingerprint density at radius 2 is 1.78 bits per heavy atom. The number of rotatable bonds is 7. The summed E-state index contributed by atoms with van der Waals surface area (Å²) in [7, 11) is 0. The lowest BCUT2D eigenvalue weighted by Gasteiger charge is -2.39. The fraction of sp³-hybridized carbons (Fsp3) is 0.533. The first-order valence-electron chi connectivity index (χ1n) is 14.1. The fourth-order valence-electron chi connectivity index (χ4n) is 6.26. The molecule has 196 valence electrons. The molecule has 37 heavy (non-hydrogen) atoms. The van der Waals surface area contributed by atoms with Crippen LogP contribution in [0.5, 0.6) is 0 Å². The van der Waals surface area contributed by atoms with Gasteiger partial charge >= 0.3 is 0 Å². The molecule has 1 saturated heterocycles. The number of morpholine rings is 1. The molecule has 1 amide bonds. The zero-order valence-corrected chi connectivity index (χ0v) is 21.6. The molecule has 6 rings (SSSR count). The Hall–Kier alpha value is -2.90. The number of fused-ring (bicyclic) bond motifs is 1. The van der Waals surface area contributed by atoms with Crippen LogP contribution in [0.2, 0.25) is 0 Å². The zero-order chi connectivity index (χ0) is 25.1. The Balaban J connectivity index is 1.17. The van der Waals surface area contributed by atoms with E-state index in [9.17, 15) is 4.79 Å². The van der Waals surface area contributed by atoms with Crippen molar-refractivity contribution < 1.29 is 14.3 Å². The van der Waals surface area contributed by atoms with Gasteiger partial charge in [-0.15, -0.1) is 0 Å². The summed E-state index contributed by atoms with van der Waals surface area (Å²) < 4.78 is 12.1. The van der Waals surface area contributed by atoms with Crippen LogP contribution in [0, 0.1) is 0 Å². The molecule has 1 aliphatic heterocycles. The predicted octanol–water partition coefficient (Wildman–Crippen LogP) is 5.46. The van der Waals surface area contributed by atoms with E-state index in [4.69, 9.17) is 9.47 Å². The van der Waals surface area contributed by atoms with Gasteiger partial charge in [-0.25, -0.2) is 0 Å². The maximum Gasteiger partial charge on any atom is 0.251 e. The fourth-order valence-corrected chi connectivity index (χ4v) is 6.26. The van der Waals surface area contributed by atoms with Crippen LogP contribution in [0.1, 0.15) is 68.1 Å². The molecule has 2 aromatic carbocycles. The van der Waals surface area contributed by atoms with Crippen molar-refractivity contribution in [2.24, 2.45) is 0 Å². The van der Waals surface area contributed by atoms with Gasteiger partial charge < -0.3 is 19.7 Å². The highest BCUT2D eigenvalue weighted by molar-refractivity contribution is 6.01. The van der Waals surface area contributed by atoms with E-state index in [1.807, 2.05) is 18.2 Å². The molecular formula is C30H38N4O3. The van der Waals surface area contributed by atoms with Crippen LogP contribution in [0.25, 0.3) is 22.2 Å². The van der Waals surface area contributed by atoms with E-state index < -0.39 is 0 Å². The van der Waals surface area contributed by atoms with E-state index >= 15 is 0 Å². The Morgan fingerprint density at radius 3 is 2.54 bits per heavy atom. The van der Waals surface area contributed by atoms with Gasteiger partial charge in [0.25, 0.3) is 5.91 Å². The van der Waals surface area contributed by atoms with Crippen LogP contribution in [0.3, 0.4) is 0 Å². The van der Waals surface area contributed by atoms with Gasteiger partial charge in [0.05, 0.1) is 36.1 Å². The van der Waals surface area contributed by atoms with Crippen molar-refractivity contribution in [3.05, 3.63) is 48.0 Å². The van der Waals surface area contributed by atoms with E-state index in [-0.39, 0.29) is 11.5 Å². The molecule has 1 aromatic heterocycles. The average molecular weight is 503 g/mol. The number of aromatic amines is 1. The van der Waals surface area contributed by atoms with Crippen molar-refractivity contribution in [3.8, 4) is 11.3 Å². The lowest BCUT2D eigenvalue weighted by molar-refractivity contribution is -0.108. The molecule has 0 bridgehead atoms. The van der Waals surface area contributed by atoms with Crippen molar-refractivity contribution in [1.82, 2.24) is 15.5 Å². The summed E-state index contributed by atoms with van der Waals surface area (Å²) in [5, 5.41) is 11.9. The third kappa shape index (κ3) is 5.39. The second kappa shape index (κ2) is 10.8. The van der Waals surface area contributed by atoms with Crippen molar-refractivity contribution in [3.63, 3.8) is 0 Å². The number of ether oxygens (including phenoxy) is 2. The van der Waals surface area contributed by atoms with E-state index in [1.165, 1.54) is 37.8 Å². The number of benzene rings is 2. The highest BCUT2D eigenvalue weighted by Crippen LogP contribution is 2.36. The van der Waals surface area contributed by atoms with Crippen molar-refractivity contribution in [2.75, 3.05) is 37.7 Å². The van der Waals surface area contributed by atoms with E-state index in [0.717, 1.165) is 74.1 Å². The maximum absolute atomic E-state index is 13.3. The quantitative estimate of drug-likeness (QED) is 0.449. The van der Waals surface area contributed by atoms with Gasteiger partial charge in [0.15, 0.2) is 0 Å². The summed E-state index contributed by atoms with van der Waals surface area (Å²) in [6.45, 7) is 3.95. The Labute approximate surface area is 218 Å². The highest BCUT2D eigenvalue weighted by Gasteiger charge is 2.36. The van der Waals surface area contributed by atoms with Gasteiger partial charge in [-0.2, -0.15) is 5.10 Å². The number of carbonyl (C=O) groups is 1. The number of anilines is 1. The number of hydrogen-bond acceptors (Lipinski definition) is 5. The molecular weight excluding hydrogens is 464 g/mol. The summed E-state index contributed by atoms with van der Waals surface area (Å²) in [6, 6.07) is 14.3. The van der Waals surface area contributed by atoms with Gasteiger partial charge in [-0.05, 0) is 56.0 Å². The monoisotopic (exact) mass is 502 g/mol. The van der Waals surface area contributed by atoms with Crippen LogP contribution in [0.15, 0.2) is 42.5 Å². The molecule has 0 unspecified atom stereocenters. The smallest absolute Gasteiger partial charge is 0.251 e. The molecule has 7 nitrogen and oxygen atoms in total.